The van der Waals surface area contributed by atoms with Crippen LogP contribution in [0.1, 0.15) is 65.7 Å². The molecule has 1 atom stereocenters. The Labute approximate surface area is 219 Å². The lowest BCUT2D eigenvalue weighted by atomic mass is 10.0. The third-order valence-corrected chi connectivity index (χ3v) is 7.22. The Bertz CT molecular complexity index is 1550. The summed E-state index contributed by atoms with van der Waals surface area (Å²) in [5, 5.41) is 9.05. The number of benzene rings is 1. The number of anilines is 1. The number of rotatable bonds is 5. The van der Waals surface area contributed by atoms with Gasteiger partial charge in [0.25, 0.3) is 5.91 Å². The SMILES string of the molecule is COc1cc(N2C(=O)c3nc(C4=CCOCC4)n(C(C)C)c3C2c2ccc(Cl)cc2)cn2c(C)nnc12. The van der Waals surface area contributed by atoms with Crippen LogP contribution in [0.5, 0.6) is 5.75 Å². The summed E-state index contributed by atoms with van der Waals surface area (Å²) in [4.78, 5) is 20.9. The number of hydrogen-bond acceptors (Lipinski definition) is 6. The first-order chi connectivity index (χ1) is 17.9. The number of amides is 1. The van der Waals surface area contributed by atoms with Crippen molar-refractivity contribution in [1.29, 1.82) is 0 Å². The summed E-state index contributed by atoms with van der Waals surface area (Å²) >= 11 is 6.25. The highest BCUT2D eigenvalue weighted by Gasteiger charge is 2.45. The molecule has 0 spiro atoms. The molecule has 9 nitrogen and oxygen atoms in total. The Hall–Kier alpha value is -3.69. The van der Waals surface area contributed by atoms with Gasteiger partial charge in [-0.25, -0.2) is 4.98 Å². The highest BCUT2D eigenvalue weighted by Crippen LogP contribution is 2.45. The Balaban J connectivity index is 1.60. The second-order valence-electron chi connectivity index (χ2n) is 9.52. The van der Waals surface area contributed by atoms with E-state index in [1.807, 2.05) is 47.9 Å². The van der Waals surface area contributed by atoms with E-state index in [0.717, 1.165) is 29.1 Å². The molecule has 6 rings (SSSR count). The molecule has 1 amide bonds. The molecule has 190 valence electrons. The lowest BCUT2D eigenvalue weighted by molar-refractivity contribution is 0.0989. The molecule has 0 saturated carbocycles. The van der Waals surface area contributed by atoms with Gasteiger partial charge in [0.15, 0.2) is 11.4 Å². The first-order valence-electron chi connectivity index (χ1n) is 12.3. The summed E-state index contributed by atoms with van der Waals surface area (Å²) in [7, 11) is 1.59. The number of carbonyl (C=O) groups is 1. The summed E-state index contributed by atoms with van der Waals surface area (Å²) < 4.78 is 15.2. The first-order valence-corrected chi connectivity index (χ1v) is 12.6. The topological polar surface area (TPSA) is 86.8 Å². The van der Waals surface area contributed by atoms with E-state index in [2.05, 4.69) is 34.7 Å². The number of pyridine rings is 1. The van der Waals surface area contributed by atoms with E-state index < -0.39 is 6.04 Å². The average Bonchev–Trinajstić information content (AvgIpc) is 3.56. The second-order valence-corrected chi connectivity index (χ2v) is 9.96. The first kappa shape index (κ1) is 23.7. The fourth-order valence-electron chi connectivity index (χ4n) is 5.26. The molecule has 37 heavy (non-hydrogen) atoms. The fourth-order valence-corrected chi connectivity index (χ4v) is 5.38. The van der Waals surface area contributed by atoms with Crippen LogP contribution < -0.4 is 9.64 Å². The van der Waals surface area contributed by atoms with E-state index in [9.17, 15) is 4.79 Å². The van der Waals surface area contributed by atoms with Gasteiger partial charge in [0.1, 0.15) is 17.7 Å². The summed E-state index contributed by atoms with van der Waals surface area (Å²) in [5.74, 6) is 1.89. The van der Waals surface area contributed by atoms with Crippen LogP contribution in [-0.4, -0.2) is 50.4 Å². The molecule has 1 aromatic carbocycles. The van der Waals surface area contributed by atoms with Crippen LogP contribution in [0.3, 0.4) is 0 Å². The summed E-state index contributed by atoms with van der Waals surface area (Å²) in [6.07, 6.45) is 4.70. The predicted molar refractivity (Wildman–Crippen MR) is 140 cm³/mol. The maximum Gasteiger partial charge on any atom is 0.279 e. The van der Waals surface area contributed by atoms with Gasteiger partial charge in [-0.05, 0) is 50.5 Å². The molecule has 5 heterocycles. The molecule has 0 aliphatic carbocycles. The third kappa shape index (κ3) is 3.72. The Morgan fingerprint density at radius 2 is 1.97 bits per heavy atom. The zero-order valence-corrected chi connectivity index (χ0v) is 21.9. The fraction of sp³-hybridized carbons (Fsp3) is 0.333. The van der Waals surface area contributed by atoms with E-state index in [1.54, 1.807) is 12.0 Å². The number of aromatic nitrogens is 5. The van der Waals surface area contributed by atoms with Crippen LogP contribution in [0.4, 0.5) is 5.69 Å². The van der Waals surface area contributed by atoms with Gasteiger partial charge in [0.05, 0.1) is 31.7 Å². The van der Waals surface area contributed by atoms with E-state index >= 15 is 0 Å². The Morgan fingerprint density at radius 3 is 2.65 bits per heavy atom. The minimum Gasteiger partial charge on any atom is -0.493 e. The van der Waals surface area contributed by atoms with Gasteiger partial charge in [-0.3, -0.25) is 14.1 Å². The number of nitrogens with zero attached hydrogens (tertiary/aromatic N) is 6. The van der Waals surface area contributed by atoms with E-state index in [0.29, 0.717) is 46.8 Å². The second kappa shape index (κ2) is 9.00. The maximum atomic E-state index is 14.2. The number of ether oxygens (including phenoxy) is 2. The quantitative estimate of drug-likeness (QED) is 0.368. The van der Waals surface area contributed by atoms with Crippen molar-refractivity contribution in [2.24, 2.45) is 0 Å². The maximum absolute atomic E-state index is 14.2. The summed E-state index contributed by atoms with van der Waals surface area (Å²) in [6.45, 7) is 7.28. The van der Waals surface area contributed by atoms with E-state index in [1.165, 1.54) is 0 Å². The minimum absolute atomic E-state index is 0.0784. The highest BCUT2D eigenvalue weighted by atomic mass is 35.5. The molecule has 0 bridgehead atoms. The number of carbonyl (C=O) groups excluding carboxylic acids is 1. The van der Waals surface area contributed by atoms with Gasteiger partial charge in [-0.2, -0.15) is 0 Å². The number of imidazole rings is 1. The lowest BCUT2D eigenvalue weighted by Crippen LogP contribution is -2.31. The number of hydrogen-bond donors (Lipinski definition) is 0. The molecule has 0 fully saturated rings. The van der Waals surface area contributed by atoms with E-state index in [4.69, 9.17) is 26.1 Å². The summed E-state index contributed by atoms with van der Waals surface area (Å²) in [6, 6.07) is 9.13. The molecule has 0 radical (unpaired) electrons. The van der Waals surface area contributed by atoms with Gasteiger partial charge < -0.3 is 14.0 Å². The van der Waals surface area contributed by atoms with Crippen LogP contribution in [0.15, 0.2) is 42.6 Å². The van der Waals surface area contributed by atoms with Crippen LogP contribution in [0.2, 0.25) is 5.02 Å². The van der Waals surface area contributed by atoms with Gasteiger partial charge in [-0.15, -0.1) is 10.2 Å². The number of halogens is 1. The molecule has 0 saturated heterocycles. The van der Waals surface area contributed by atoms with Gasteiger partial charge in [0, 0.05) is 23.3 Å². The number of fused-ring (bicyclic) bond motifs is 2. The van der Waals surface area contributed by atoms with Crippen LogP contribution in [-0.2, 0) is 4.74 Å². The van der Waals surface area contributed by atoms with Crippen molar-refractivity contribution < 1.29 is 14.3 Å². The van der Waals surface area contributed by atoms with Gasteiger partial charge in [0.2, 0.25) is 5.65 Å². The van der Waals surface area contributed by atoms with Crippen molar-refractivity contribution in [2.45, 2.75) is 39.3 Å². The van der Waals surface area contributed by atoms with Crippen molar-refractivity contribution in [3.63, 3.8) is 0 Å². The number of aryl methyl sites for hydroxylation is 1. The average molecular weight is 519 g/mol. The van der Waals surface area contributed by atoms with Crippen molar-refractivity contribution in [3.8, 4) is 5.75 Å². The van der Waals surface area contributed by atoms with Crippen LogP contribution in [0, 0.1) is 6.92 Å². The Kier molecular flexibility index (Phi) is 5.77. The normalized spacial score (nSPS) is 17.6. The molecular weight excluding hydrogens is 492 g/mol. The van der Waals surface area contributed by atoms with Gasteiger partial charge in [-0.1, -0.05) is 29.8 Å². The molecule has 1 unspecified atom stereocenters. The zero-order valence-electron chi connectivity index (χ0n) is 21.1. The monoisotopic (exact) mass is 518 g/mol. The highest BCUT2D eigenvalue weighted by molar-refractivity contribution is 6.30. The van der Waals surface area contributed by atoms with Gasteiger partial charge >= 0.3 is 0 Å². The molecule has 4 aromatic rings. The van der Waals surface area contributed by atoms with Crippen LogP contribution in [0.25, 0.3) is 11.2 Å². The standard InChI is InChI=1S/C27H27ClN6O3/c1-15(2)33-24-22(29-25(33)18-9-11-37-12-10-18)27(35)34(23(24)17-5-7-19(28)8-6-17)20-13-21(36-4)26-31-30-16(3)32(26)14-20/h5-9,13-15,23H,10-12H2,1-4H3. The summed E-state index contributed by atoms with van der Waals surface area (Å²) in [5.41, 5.74) is 4.61. The molecule has 3 aromatic heterocycles. The zero-order chi connectivity index (χ0) is 25.8. The third-order valence-electron chi connectivity index (χ3n) is 6.96. The minimum atomic E-state index is -0.414. The lowest BCUT2D eigenvalue weighted by Gasteiger charge is -2.29. The predicted octanol–water partition coefficient (Wildman–Crippen LogP) is 5.03. The van der Waals surface area contributed by atoms with Crippen molar-refractivity contribution in [2.75, 3.05) is 25.2 Å². The molecular formula is C27H27ClN6O3. The molecule has 2 aliphatic rings. The largest absolute Gasteiger partial charge is 0.493 e. The molecule has 0 N–H and O–H groups in total. The van der Waals surface area contributed by atoms with Crippen molar-refractivity contribution >= 4 is 34.4 Å². The Morgan fingerprint density at radius 1 is 1.19 bits per heavy atom. The van der Waals surface area contributed by atoms with Crippen molar-refractivity contribution in [1.82, 2.24) is 24.1 Å². The van der Waals surface area contributed by atoms with E-state index in [-0.39, 0.29) is 11.9 Å². The molecule has 2 aliphatic heterocycles. The number of methoxy groups -OCH3 is 1. The van der Waals surface area contributed by atoms with Crippen molar-refractivity contribution in [3.05, 3.63) is 76.2 Å². The van der Waals surface area contributed by atoms with Crippen LogP contribution >= 0.6 is 11.6 Å². The molecule has 10 heteroatoms. The smallest absolute Gasteiger partial charge is 0.279 e.